The zero-order valence-corrected chi connectivity index (χ0v) is 10.5. The lowest BCUT2D eigenvalue weighted by molar-refractivity contribution is 0.140. The molecule has 1 heterocycles. The summed E-state index contributed by atoms with van der Waals surface area (Å²) < 4.78 is 11.1. The fourth-order valence-corrected chi connectivity index (χ4v) is 1.99. The highest BCUT2D eigenvalue weighted by Gasteiger charge is 2.24. The molecule has 0 radical (unpaired) electrons. The van der Waals surface area contributed by atoms with Crippen LogP contribution in [0.25, 0.3) is 0 Å². The summed E-state index contributed by atoms with van der Waals surface area (Å²) in [7, 11) is 1.59. The van der Waals surface area contributed by atoms with E-state index in [0.717, 1.165) is 16.6 Å². The van der Waals surface area contributed by atoms with Crippen molar-refractivity contribution in [1.29, 1.82) is 0 Å². The number of methoxy groups -OCH3 is 1. The second-order valence-corrected chi connectivity index (χ2v) is 4.35. The van der Waals surface area contributed by atoms with E-state index in [-0.39, 0.29) is 6.09 Å². The van der Waals surface area contributed by atoms with E-state index in [0.29, 0.717) is 18.9 Å². The average Bonchev–Trinajstić information content (AvgIpc) is 2.29. The Balaban J connectivity index is 2.36. The third-order valence-electron chi connectivity index (χ3n) is 2.40. The maximum atomic E-state index is 11.6. The second kappa shape index (κ2) is 4.74. The van der Waals surface area contributed by atoms with Gasteiger partial charge >= 0.3 is 6.09 Å². The molecule has 1 aliphatic rings. The molecule has 86 valence electrons. The number of benzene rings is 1. The van der Waals surface area contributed by atoms with Crippen molar-refractivity contribution in [1.82, 2.24) is 0 Å². The van der Waals surface area contributed by atoms with Crippen LogP contribution in [-0.2, 0) is 4.74 Å². The van der Waals surface area contributed by atoms with E-state index in [2.05, 4.69) is 15.9 Å². The standard InChI is InChI=1S/C11H12BrNO3/c1-15-10-4-3-8(12)7-9(10)13-5-2-6-16-11(13)14/h3-4,7H,2,5-6H2,1H3. The third kappa shape index (κ3) is 2.14. The molecule has 1 aliphatic heterocycles. The minimum absolute atomic E-state index is 0.317. The summed E-state index contributed by atoms with van der Waals surface area (Å²) in [6.07, 6.45) is 0.518. The molecule has 0 atom stereocenters. The molecular weight excluding hydrogens is 274 g/mol. The van der Waals surface area contributed by atoms with Gasteiger partial charge in [-0.1, -0.05) is 15.9 Å². The number of halogens is 1. The Labute approximate surface area is 102 Å². The molecule has 1 saturated heterocycles. The second-order valence-electron chi connectivity index (χ2n) is 3.44. The maximum absolute atomic E-state index is 11.6. The molecule has 1 fully saturated rings. The van der Waals surface area contributed by atoms with Crippen LogP contribution >= 0.6 is 15.9 Å². The lowest BCUT2D eigenvalue weighted by atomic mass is 10.2. The van der Waals surface area contributed by atoms with Crippen molar-refractivity contribution in [2.24, 2.45) is 0 Å². The van der Waals surface area contributed by atoms with Crippen LogP contribution in [0.3, 0.4) is 0 Å². The molecule has 16 heavy (non-hydrogen) atoms. The maximum Gasteiger partial charge on any atom is 0.414 e. The first-order valence-corrected chi connectivity index (χ1v) is 5.79. The Kier molecular flexibility index (Phi) is 3.33. The van der Waals surface area contributed by atoms with Gasteiger partial charge in [0.2, 0.25) is 0 Å². The first-order valence-electron chi connectivity index (χ1n) is 5.00. The van der Waals surface area contributed by atoms with Crippen LogP contribution in [0.4, 0.5) is 10.5 Å². The fourth-order valence-electron chi connectivity index (χ4n) is 1.64. The van der Waals surface area contributed by atoms with Crippen molar-refractivity contribution >= 4 is 27.7 Å². The highest BCUT2D eigenvalue weighted by Crippen LogP contribution is 2.32. The van der Waals surface area contributed by atoms with Crippen LogP contribution in [0.2, 0.25) is 0 Å². The molecule has 0 unspecified atom stereocenters. The molecule has 1 amide bonds. The van der Waals surface area contributed by atoms with Crippen LogP contribution in [0, 0.1) is 0 Å². The number of hydrogen-bond acceptors (Lipinski definition) is 3. The van der Waals surface area contributed by atoms with Gasteiger partial charge in [0.15, 0.2) is 0 Å². The normalized spacial score (nSPS) is 15.9. The van der Waals surface area contributed by atoms with Gasteiger partial charge in [-0.2, -0.15) is 0 Å². The van der Waals surface area contributed by atoms with Gasteiger partial charge < -0.3 is 9.47 Å². The van der Waals surface area contributed by atoms with E-state index in [1.54, 1.807) is 12.0 Å². The van der Waals surface area contributed by atoms with Crippen LogP contribution in [0.5, 0.6) is 5.75 Å². The summed E-state index contributed by atoms with van der Waals surface area (Å²) in [6, 6.07) is 5.55. The molecule has 0 saturated carbocycles. The fraction of sp³-hybridized carbons (Fsp3) is 0.364. The van der Waals surface area contributed by atoms with Crippen LogP contribution < -0.4 is 9.64 Å². The molecule has 5 heteroatoms. The SMILES string of the molecule is COc1ccc(Br)cc1N1CCCOC1=O. The van der Waals surface area contributed by atoms with Gasteiger partial charge in [0.25, 0.3) is 0 Å². The number of amides is 1. The Morgan fingerprint density at radius 1 is 1.50 bits per heavy atom. The summed E-state index contributed by atoms with van der Waals surface area (Å²) in [4.78, 5) is 13.2. The van der Waals surface area contributed by atoms with Gasteiger partial charge in [-0.25, -0.2) is 4.79 Å². The van der Waals surface area contributed by atoms with E-state index in [1.807, 2.05) is 18.2 Å². The van der Waals surface area contributed by atoms with Crippen LogP contribution in [-0.4, -0.2) is 26.4 Å². The first kappa shape index (κ1) is 11.3. The van der Waals surface area contributed by atoms with Crippen LogP contribution in [0.1, 0.15) is 6.42 Å². The average molecular weight is 286 g/mol. The van der Waals surface area contributed by atoms with Crippen LogP contribution in [0.15, 0.2) is 22.7 Å². The number of anilines is 1. The first-order chi connectivity index (χ1) is 7.72. The summed E-state index contributed by atoms with van der Waals surface area (Å²) in [5.41, 5.74) is 0.738. The number of cyclic esters (lactones) is 1. The molecule has 0 aromatic heterocycles. The van der Waals surface area contributed by atoms with E-state index < -0.39 is 0 Å². The molecule has 0 N–H and O–H groups in total. The van der Waals surface area contributed by atoms with Crippen molar-refractivity contribution in [3.63, 3.8) is 0 Å². The van der Waals surface area contributed by atoms with Crippen molar-refractivity contribution in [3.8, 4) is 5.75 Å². The number of carbonyl (C=O) groups excluding carboxylic acids is 1. The number of carbonyl (C=O) groups is 1. The molecule has 1 aromatic carbocycles. The summed E-state index contributed by atoms with van der Waals surface area (Å²) in [6.45, 7) is 1.15. The highest BCUT2D eigenvalue weighted by atomic mass is 79.9. The van der Waals surface area contributed by atoms with Gasteiger partial charge in [0, 0.05) is 11.0 Å². The topological polar surface area (TPSA) is 38.8 Å². The smallest absolute Gasteiger partial charge is 0.414 e. The lowest BCUT2D eigenvalue weighted by Gasteiger charge is -2.27. The van der Waals surface area contributed by atoms with Gasteiger partial charge in [-0.3, -0.25) is 4.90 Å². The summed E-state index contributed by atoms with van der Waals surface area (Å²) in [5, 5.41) is 0. The van der Waals surface area contributed by atoms with Crippen molar-refractivity contribution in [2.45, 2.75) is 6.42 Å². The summed E-state index contributed by atoms with van der Waals surface area (Å²) >= 11 is 3.38. The predicted octanol–water partition coefficient (Wildman–Crippen LogP) is 2.80. The van der Waals surface area contributed by atoms with E-state index in [1.165, 1.54) is 0 Å². The predicted molar refractivity (Wildman–Crippen MR) is 64.0 cm³/mol. The van der Waals surface area contributed by atoms with Gasteiger partial charge in [-0.05, 0) is 24.6 Å². The number of hydrogen-bond donors (Lipinski definition) is 0. The van der Waals surface area contributed by atoms with Crippen molar-refractivity contribution < 1.29 is 14.3 Å². The van der Waals surface area contributed by atoms with Crippen molar-refractivity contribution in [3.05, 3.63) is 22.7 Å². The quantitative estimate of drug-likeness (QED) is 0.839. The Morgan fingerprint density at radius 2 is 2.31 bits per heavy atom. The molecule has 0 aliphatic carbocycles. The largest absolute Gasteiger partial charge is 0.495 e. The molecular formula is C11H12BrNO3. The number of nitrogens with zero attached hydrogens (tertiary/aromatic N) is 1. The third-order valence-corrected chi connectivity index (χ3v) is 2.90. The number of rotatable bonds is 2. The highest BCUT2D eigenvalue weighted by molar-refractivity contribution is 9.10. The lowest BCUT2D eigenvalue weighted by Crippen LogP contribution is -2.37. The van der Waals surface area contributed by atoms with Gasteiger partial charge in [-0.15, -0.1) is 0 Å². The Hall–Kier alpha value is -1.23. The van der Waals surface area contributed by atoms with Gasteiger partial charge in [0.1, 0.15) is 5.75 Å². The van der Waals surface area contributed by atoms with E-state index in [9.17, 15) is 4.79 Å². The van der Waals surface area contributed by atoms with Gasteiger partial charge in [0.05, 0.1) is 19.4 Å². The minimum atomic E-state index is -0.317. The minimum Gasteiger partial charge on any atom is -0.495 e. The van der Waals surface area contributed by atoms with E-state index in [4.69, 9.17) is 9.47 Å². The zero-order valence-electron chi connectivity index (χ0n) is 8.90. The molecule has 0 spiro atoms. The molecule has 2 rings (SSSR count). The Bertz CT molecular complexity index is 408. The summed E-state index contributed by atoms with van der Waals surface area (Å²) in [5.74, 6) is 0.669. The van der Waals surface area contributed by atoms with Crippen molar-refractivity contribution in [2.75, 3.05) is 25.2 Å². The monoisotopic (exact) mass is 285 g/mol. The Morgan fingerprint density at radius 3 is 3.00 bits per heavy atom. The zero-order chi connectivity index (χ0) is 11.5. The van der Waals surface area contributed by atoms with E-state index >= 15 is 0 Å². The molecule has 0 bridgehead atoms. The molecule has 4 nitrogen and oxygen atoms in total. The molecule has 1 aromatic rings. The number of ether oxygens (including phenoxy) is 2.